The van der Waals surface area contributed by atoms with E-state index in [9.17, 15) is 85.9 Å². The molecular formula is C83H87Cl2N7O31. The summed E-state index contributed by atoms with van der Waals surface area (Å²) >= 11 is 14.7. The number of phenols is 4. The largest absolute Gasteiger partial charge is 0.508 e. The van der Waals surface area contributed by atoms with E-state index in [-0.39, 0.29) is 79.6 Å². The fourth-order valence-electron chi connectivity index (χ4n) is 15.8. The number of Topliss-reactive ketones (excluding diaryl/α,β-unsaturated/α-hetero) is 2. The van der Waals surface area contributed by atoms with E-state index in [1.54, 1.807) is 6.92 Å². The summed E-state index contributed by atoms with van der Waals surface area (Å²) in [6, 6.07) is 11.0. The van der Waals surface area contributed by atoms with Gasteiger partial charge in [-0.25, -0.2) is 0 Å². The monoisotopic (exact) mass is 1750 g/mol. The molecule has 0 spiro atoms. The summed E-state index contributed by atoms with van der Waals surface area (Å²) in [7, 11) is 0. The zero-order valence-electron chi connectivity index (χ0n) is 65.1. The van der Waals surface area contributed by atoms with Gasteiger partial charge in [-0.05, 0) is 131 Å². The number of nitrogens with two attached hydrogens (primary N) is 1. The van der Waals surface area contributed by atoms with Crippen molar-refractivity contribution in [3.8, 4) is 80.1 Å². The van der Waals surface area contributed by atoms with Gasteiger partial charge in [-0.15, -0.1) is 0 Å². The Balaban J connectivity index is 1.04. The Morgan fingerprint density at radius 2 is 1.11 bits per heavy atom. The molecule has 3 fully saturated rings. The van der Waals surface area contributed by atoms with Gasteiger partial charge in [0.25, 0.3) is 0 Å². The number of carbonyl (C=O) groups excluding carboxylic acids is 8. The van der Waals surface area contributed by atoms with E-state index in [1.807, 2.05) is 0 Å². The Morgan fingerprint density at radius 1 is 0.520 bits per heavy atom. The number of benzene rings is 7. The number of ether oxygens (including phenoxy) is 9. The number of hydrogen-bond acceptors (Lipinski definition) is 32. The molecule has 654 valence electrons. The number of rotatable bonds is 13. The predicted molar refractivity (Wildman–Crippen MR) is 422 cm³/mol. The minimum atomic E-state index is -2.29. The van der Waals surface area contributed by atoms with Crippen LogP contribution in [-0.2, 0) is 70.3 Å². The van der Waals surface area contributed by atoms with Crippen LogP contribution in [0.3, 0.4) is 0 Å². The number of phenolic OH excluding ortho intramolecular Hbond substituents is 4. The number of carbonyl (C=O) groups is 8. The summed E-state index contributed by atoms with van der Waals surface area (Å²) in [6.45, 7) is -0.987. The van der Waals surface area contributed by atoms with Crippen LogP contribution in [0, 0.1) is 0 Å². The van der Waals surface area contributed by atoms with Gasteiger partial charge in [-0.1, -0.05) is 54.4 Å². The average Bonchev–Trinajstić information content (AvgIpc) is 0.763. The zero-order chi connectivity index (χ0) is 88.0. The van der Waals surface area contributed by atoms with E-state index in [0.717, 1.165) is 67.6 Å². The Hall–Kier alpha value is -11.1. The molecule has 6 unspecified atom stereocenters. The molecule has 38 nitrogen and oxygen atoms in total. The number of nitrogens with one attached hydrogen (secondary N) is 6. The minimum Gasteiger partial charge on any atom is -0.508 e. The highest BCUT2D eigenvalue weighted by molar-refractivity contribution is 6.32. The SMILES string of the molecule is CCCC(=O)NC1[C@H](Oc2c3cc4cc2Oc2ccc(cc2Cl)[C@@H](O[C@@H]2OC(CO)[C@@H](O)[C@H](O)C2NC(C)=O)[C@@H]2NC(=O)[C@H](CC(=O)[C@@H]4NC(=O)[C@H]4CC(=O)[C@@H](Cc5ccc(c(Cl)c5)O3)NC(=O)[C@H](N)c3ccc(O)c(c3)Oc3cc(O)cc4c3)c3ccc(O)c(c3)-c3c(cc(O)cc3O[C@H]3OC(CO)[C@@H](O)C(O)[C@H]3O)CNC2=O)OC(CO)[C@@H](O)[C@@H]1O. The van der Waals surface area contributed by atoms with E-state index in [4.69, 9.17) is 71.6 Å². The lowest BCUT2D eigenvalue weighted by molar-refractivity contribution is -0.284. The summed E-state index contributed by atoms with van der Waals surface area (Å²) in [5.74, 6) is -18.5. The summed E-state index contributed by atoms with van der Waals surface area (Å²) in [5, 5.41) is 173. The van der Waals surface area contributed by atoms with Crippen LogP contribution in [0.1, 0.15) is 108 Å². The van der Waals surface area contributed by atoms with Crippen LogP contribution in [0.25, 0.3) is 11.1 Å². The van der Waals surface area contributed by atoms with Gasteiger partial charge in [0.1, 0.15) is 138 Å². The topological polar surface area (TPSA) is 601 Å². The Kier molecular flexibility index (Phi) is 26.3. The highest BCUT2D eigenvalue weighted by Crippen LogP contribution is 2.51. The summed E-state index contributed by atoms with van der Waals surface area (Å²) < 4.78 is 57.5. The maximum atomic E-state index is 17.0. The smallest absolute Gasteiger partial charge is 0.245 e. The van der Waals surface area contributed by atoms with Crippen LogP contribution >= 0.6 is 23.2 Å². The molecule has 0 radical (unpaired) electrons. The predicted octanol–water partition coefficient (Wildman–Crippen LogP) is 0.968. The third-order valence-corrected chi connectivity index (χ3v) is 22.8. The molecule has 9 aliphatic rings. The first-order chi connectivity index (χ1) is 58.7. The number of halogens is 2. The molecule has 123 heavy (non-hydrogen) atoms. The van der Waals surface area contributed by atoms with E-state index < -0.39 is 289 Å². The number of amides is 6. The summed E-state index contributed by atoms with van der Waals surface area (Å²) in [5.41, 5.74) is 4.94. The lowest BCUT2D eigenvalue weighted by Gasteiger charge is -2.44. The third kappa shape index (κ3) is 18.5. The van der Waals surface area contributed by atoms with Crippen molar-refractivity contribution in [2.45, 2.75) is 187 Å². The first kappa shape index (κ1) is 88.2. The number of aromatic hydroxyl groups is 4. The fraction of sp³-hybridized carbons (Fsp3) is 0.398. The van der Waals surface area contributed by atoms with Crippen molar-refractivity contribution in [2.24, 2.45) is 5.73 Å². The van der Waals surface area contributed by atoms with Crippen molar-refractivity contribution in [3.63, 3.8) is 0 Å². The van der Waals surface area contributed by atoms with E-state index in [2.05, 4.69) is 31.9 Å². The lowest BCUT2D eigenvalue weighted by Crippen LogP contribution is -2.65. The Bertz CT molecular complexity index is 5260. The minimum absolute atomic E-state index is 0.0710. The summed E-state index contributed by atoms with van der Waals surface area (Å²) in [4.78, 5) is 123. The molecule has 7 aromatic carbocycles. The Labute approximate surface area is 707 Å². The van der Waals surface area contributed by atoms with E-state index in [1.165, 1.54) is 54.6 Å². The highest BCUT2D eigenvalue weighted by atomic mass is 35.5. The second-order valence-electron chi connectivity index (χ2n) is 30.7. The van der Waals surface area contributed by atoms with Gasteiger partial charge < -0.3 is 152 Å². The molecule has 9 aliphatic heterocycles. The van der Waals surface area contributed by atoms with Crippen molar-refractivity contribution in [1.82, 2.24) is 31.9 Å². The molecule has 6 amide bonds. The zero-order valence-corrected chi connectivity index (χ0v) is 66.6. The molecule has 22 atom stereocenters. The molecule has 17 bridgehead atoms. The van der Waals surface area contributed by atoms with Gasteiger partial charge in [-0.2, -0.15) is 0 Å². The molecule has 3 saturated heterocycles. The third-order valence-electron chi connectivity index (χ3n) is 22.2. The molecule has 0 aromatic heterocycles. The standard InChI is InChI=1S/C83H87Cl2N7O31/c1-3-4-61(103)90-66-72(108)69(105)59(29-94)120-82(66)123-76-56-21-37-22-57(76)117-53-12-8-35(19-46(53)85)75(122-81-65(88-31(2)96)71(107)68(104)58(28-93)119-81)67-80(114)87-27-38-16-40(98)24-55(118-83-74(110)73(109)70(106)60(30-95)121-83)62(38)44-18-33(6-9-48(44)99)42(77(111)92-67)26-51(102)64(37)91-78(112)43-25-50(101)47(14-32-5-11-52(116-56)45(84)13-32)89-79(113)63(86)34-7-10-49(100)54(20-34)115-41-17-36(43)15-39(97)23-41/h5-13,15-24,42-43,47,58-60,63-75,81-83,93-95,97-100,104-110H,3-4,14,25-30,86H2,1-2H3,(H,87,114)(H,88,96)(H,89,113)(H,90,103)(H,91,112)(H,92,111)/t42-,43+,47-,58?,59?,60?,63-,64-,65?,66?,67+,68-,69-,70-,71-,72-,73?,74-,75-,81+,82+,83+/m1/s1. The number of aliphatic hydroxyl groups excluding tert-OH is 10. The maximum absolute atomic E-state index is 17.0. The van der Waals surface area contributed by atoms with Gasteiger partial charge in [0.15, 0.2) is 40.9 Å². The number of aliphatic hydroxyl groups is 10. The van der Waals surface area contributed by atoms with Gasteiger partial charge >= 0.3 is 0 Å². The quantitative estimate of drug-likeness (QED) is 0.0765. The second-order valence-corrected chi connectivity index (χ2v) is 31.5. The molecule has 0 aliphatic carbocycles. The van der Waals surface area contributed by atoms with Crippen LogP contribution in [-0.4, -0.2) is 242 Å². The average molecular weight is 1750 g/mol. The van der Waals surface area contributed by atoms with Crippen molar-refractivity contribution in [2.75, 3.05) is 19.8 Å². The van der Waals surface area contributed by atoms with E-state index >= 15 is 24.0 Å². The maximum Gasteiger partial charge on any atom is 0.245 e. The molecule has 0 saturated carbocycles. The van der Waals surface area contributed by atoms with Gasteiger partial charge in [0.2, 0.25) is 53.8 Å². The number of hydrogen-bond donors (Lipinski definition) is 21. The van der Waals surface area contributed by atoms with Gasteiger partial charge in [0, 0.05) is 56.0 Å². The highest BCUT2D eigenvalue weighted by Gasteiger charge is 2.52. The molecule has 7 aromatic rings. The van der Waals surface area contributed by atoms with Crippen LogP contribution in [0.15, 0.2) is 115 Å². The first-order valence-corrected chi connectivity index (χ1v) is 39.7. The Morgan fingerprint density at radius 3 is 1.76 bits per heavy atom. The van der Waals surface area contributed by atoms with Gasteiger partial charge in [-0.3, -0.25) is 38.4 Å². The first-order valence-electron chi connectivity index (χ1n) is 39.0. The molecule has 16 rings (SSSR count). The normalized spacial score (nSPS) is 29.7. The van der Waals surface area contributed by atoms with Crippen LogP contribution < -0.4 is 61.3 Å². The number of fused-ring (bicyclic) bond motifs is 14. The van der Waals surface area contributed by atoms with E-state index in [0.29, 0.717) is 0 Å². The fourth-order valence-corrected chi connectivity index (χ4v) is 16.2. The van der Waals surface area contributed by atoms with Crippen LogP contribution in [0.4, 0.5) is 0 Å². The molecular weight excluding hydrogens is 1660 g/mol. The van der Waals surface area contributed by atoms with Crippen LogP contribution in [0.2, 0.25) is 10.0 Å². The van der Waals surface area contributed by atoms with Crippen molar-refractivity contribution >= 4 is 70.2 Å². The molecule has 9 heterocycles. The summed E-state index contributed by atoms with van der Waals surface area (Å²) in [6.07, 6.45) is -29.6. The second kappa shape index (κ2) is 36.7. The van der Waals surface area contributed by atoms with Gasteiger partial charge in [0.05, 0.1) is 47.7 Å². The lowest BCUT2D eigenvalue weighted by atomic mass is 9.85. The van der Waals surface area contributed by atoms with Crippen LogP contribution in [0.5, 0.6) is 69.0 Å². The van der Waals surface area contributed by atoms with Crippen molar-refractivity contribution in [3.05, 3.63) is 164 Å². The number of ketones is 2. The molecule has 22 N–H and O–H groups in total. The molecule has 40 heteroatoms. The van der Waals surface area contributed by atoms with Crippen molar-refractivity contribution < 1.29 is 152 Å². The van der Waals surface area contributed by atoms with Crippen molar-refractivity contribution in [1.29, 1.82) is 0 Å².